The van der Waals surface area contributed by atoms with Crippen molar-refractivity contribution in [1.82, 2.24) is 9.71 Å². The van der Waals surface area contributed by atoms with Crippen LogP contribution in [0.4, 0.5) is 5.82 Å². The van der Waals surface area contributed by atoms with E-state index in [1.807, 2.05) is 12.3 Å². The predicted octanol–water partition coefficient (Wildman–Crippen LogP) is 4.13. The van der Waals surface area contributed by atoms with Crippen LogP contribution < -0.4 is 9.62 Å². The number of aryl methyl sites for hydroxylation is 1. The zero-order chi connectivity index (χ0) is 23.3. The Kier molecular flexibility index (Phi) is 8.04. The number of piperidine rings is 1. The van der Waals surface area contributed by atoms with Crippen LogP contribution in [0.1, 0.15) is 56.1 Å². The number of hydrogen-bond acceptors (Lipinski definition) is 5. The molecule has 2 fully saturated rings. The molecule has 1 saturated heterocycles. The van der Waals surface area contributed by atoms with Gasteiger partial charge in [-0.05, 0) is 67.7 Å². The van der Waals surface area contributed by atoms with Crippen LogP contribution in [-0.4, -0.2) is 51.5 Å². The lowest BCUT2D eigenvalue weighted by Crippen LogP contribution is -2.52. The summed E-state index contributed by atoms with van der Waals surface area (Å²) in [5, 5.41) is 0. The molecular formula is C26H37N3O3S. The molecule has 2 heterocycles. The van der Waals surface area contributed by atoms with Crippen LogP contribution >= 0.6 is 0 Å². The highest BCUT2D eigenvalue weighted by atomic mass is 32.2. The van der Waals surface area contributed by atoms with Gasteiger partial charge in [-0.15, -0.1) is 0 Å². The first-order valence-corrected chi connectivity index (χ1v) is 14.1. The van der Waals surface area contributed by atoms with Crippen molar-refractivity contribution in [3.63, 3.8) is 0 Å². The molecule has 6 nitrogen and oxygen atoms in total. The van der Waals surface area contributed by atoms with Gasteiger partial charge in [-0.25, -0.2) is 18.1 Å². The lowest BCUT2D eigenvalue weighted by Gasteiger charge is -2.40. The highest BCUT2D eigenvalue weighted by molar-refractivity contribution is 7.88. The molecule has 2 unspecified atom stereocenters. The molecule has 0 radical (unpaired) electrons. The molecule has 1 aromatic carbocycles. The van der Waals surface area contributed by atoms with Crippen LogP contribution in [0.25, 0.3) is 0 Å². The third-order valence-electron chi connectivity index (χ3n) is 7.13. The topological polar surface area (TPSA) is 71.5 Å². The van der Waals surface area contributed by atoms with E-state index >= 15 is 0 Å². The number of nitrogens with zero attached hydrogens (tertiary/aromatic N) is 2. The molecule has 2 aromatic rings. The van der Waals surface area contributed by atoms with Gasteiger partial charge in [0, 0.05) is 31.2 Å². The summed E-state index contributed by atoms with van der Waals surface area (Å²) in [5.41, 5.74) is 2.69. The first-order valence-electron chi connectivity index (χ1n) is 12.2. The molecule has 1 saturated carbocycles. The SMILES string of the molecule is CCc1ccnc(N2CCC(NS(C)(=O)=O)C(CO[C@H]3CC[C@@H](c4ccccc4)CC3)C2)c1. The fourth-order valence-corrected chi connectivity index (χ4v) is 6.10. The second-order valence-corrected chi connectivity index (χ2v) is 11.4. The molecule has 0 bridgehead atoms. The van der Waals surface area contributed by atoms with E-state index in [1.165, 1.54) is 17.4 Å². The summed E-state index contributed by atoms with van der Waals surface area (Å²) in [5.74, 6) is 1.68. The summed E-state index contributed by atoms with van der Waals surface area (Å²) in [6.07, 6.45) is 9.48. The lowest BCUT2D eigenvalue weighted by atomic mass is 9.82. The minimum absolute atomic E-state index is 0.0902. The van der Waals surface area contributed by atoms with E-state index in [4.69, 9.17) is 4.74 Å². The first kappa shape index (κ1) is 24.2. The van der Waals surface area contributed by atoms with Gasteiger partial charge in [-0.1, -0.05) is 37.3 Å². The average molecular weight is 472 g/mol. The Hall–Kier alpha value is -1.96. The Labute approximate surface area is 198 Å². The summed E-state index contributed by atoms with van der Waals surface area (Å²) >= 11 is 0. The predicted molar refractivity (Wildman–Crippen MR) is 133 cm³/mol. The number of nitrogens with one attached hydrogen (secondary N) is 1. The minimum Gasteiger partial charge on any atom is -0.378 e. The van der Waals surface area contributed by atoms with Gasteiger partial charge >= 0.3 is 0 Å². The molecule has 0 spiro atoms. The molecule has 1 aliphatic heterocycles. The van der Waals surface area contributed by atoms with Gasteiger partial charge in [0.25, 0.3) is 0 Å². The van der Waals surface area contributed by atoms with Crippen molar-refractivity contribution < 1.29 is 13.2 Å². The van der Waals surface area contributed by atoms with Crippen molar-refractivity contribution in [1.29, 1.82) is 0 Å². The van der Waals surface area contributed by atoms with Crippen LogP contribution in [0, 0.1) is 5.92 Å². The number of anilines is 1. The molecule has 2 atom stereocenters. The zero-order valence-electron chi connectivity index (χ0n) is 19.8. The number of aromatic nitrogens is 1. The second-order valence-electron chi connectivity index (χ2n) is 9.58. The smallest absolute Gasteiger partial charge is 0.208 e. The van der Waals surface area contributed by atoms with Crippen molar-refractivity contribution in [2.24, 2.45) is 5.92 Å². The van der Waals surface area contributed by atoms with E-state index in [0.717, 1.165) is 57.4 Å². The van der Waals surface area contributed by atoms with Gasteiger partial charge in [0.1, 0.15) is 5.82 Å². The quantitative estimate of drug-likeness (QED) is 0.627. The van der Waals surface area contributed by atoms with Gasteiger partial charge in [0.15, 0.2) is 0 Å². The molecule has 2 aliphatic rings. The third kappa shape index (κ3) is 6.78. The highest BCUT2D eigenvalue weighted by Gasteiger charge is 2.33. The zero-order valence-corrected chi connectivity index (χ0v) is 20.6. The van der Waals surface area contributed by atoms with Crippen molar-refractivity contribution in [3.05, 3.63) is 59.8 Å². The Bertz CT molecular complexity index is 991. The molecule has 1 aromatic heterocycles. The number of rotatable bonds is 8. The number of hydrogen-bond donors (Lipinski definition) is 1. The van der Waals surface area contributed by atoms with Gasteiger partial charge in [0.05, 0.1) is 19.0 Å². The maximum absolute atomic E-state index is 12.0. The van der Waals surface area contributed by atoms with Gasteiger partial charge in [-0.3, -0.25) is 0 Å². The highest BCUT2D eigenvalue weighted by Crippen LogP contribution is 2.34. The van der Waals surface area contributed by atoms with Crippen molar-refractivity contribution in [2.45, 2.75) is 63.5 Å². The van der Waals surface area contributed by atoms with E-state index in [-0.39, 0.29) is 18.1 Å². The second kappa shape index (κ2) is 11.0. The average Bonchev–Trinajstić information content (AvgIpc) is 2.83. The maximum Gasteiger partial charge on any atom is 0.208 e. The van der Waals surface area contributed by atoms with Gasteiger partial charge in [-0.2, -0.15) is 0 Å². The van der Waals surface area contributed by atoms with Crippen LogP contribution in [0.5, 0.6) is 0 Å². The fraction of sp³-hybridized carbons (Fsp3) is 0.577. The van der Waals surface area contributed by atoms with Crippen LogP contribution in [-0.2, 0) is 21.2 Å². The number of sulfonamides is 1. The van der Waals surface area contributed by atoms with E-state index in [0.29, 0.717) is 12.5 Å². The first-order chi connectivity index (χ1) is 15.9. The van der Waals surface area contributed by atoms with Gasteiger partial charge in [0.2, 0.25) is 10.0 Å². The summed E-state index contributed by atoms with van der Waals surface area (Å²) in [4.78, 5) is 6.86. The number of ether oxygens (including phenoxy) is 1. The molecule has 4 rings (SSSR count). The lowest BCUT2D eigenvalue weighted by molar-refractivity contribution is -0.00213. The van der Waals surface area contributed by atoms with Crippen molar-refractivity contribution in [3.8, 4) is 0 Å². The Morgan fingerprint density at radius 1 is 1.09 bits per heavy atom. The summed E-state index contributed by atoms with van der Waals surface area (Å²) in [7, 11) is -3.27. The Morgan fingerprint density at radius 2 is 1.85 bits per heavy atom. The Balaban J connectivity index is 1.37. The number of pyridine rings is 1. The monoisotopic (exact) mass is 471 g/mol. The standard InChI is InChI=1S/C26H37N3O3S/c1-3-20-13-15-27-26(17-20)29-16-14-25(28-33(2,30)31)23(18-29)19-32-24-11-9-22(10-12-24)21-7-5-4-6-8-21/h4-8,13,15,17,22-25,28H,3,9-12,14,16,18-19H2,1-2H3/t22-,23?,24+,25?. The van der Waals surface area contributed by atoms with Gasteiger partial charge < -0.3 is 9.64 Å². The van der Waals surface area contributed by atoms with Crippen LogP contribution in [0.2, 0.25) is 0 Å². The summed E-state index contributed by atoms with van der Waals surface area (Å²) < 4.78 is 33.2. The van der Waals surface area contributed by atoms with Crippen LogP contribution in [0.3, 0.4) is 0 Å². The van der Waals surface area contributed by atoms with E-state index in [9.17, 15) is 8.42 Å². The summed E-state index contributed by atoms with van der Waals surface area (Å²) in [6.45, 7) is 4.24. The van der Waals surface area contributed by atoms with E-state index in [1.54, 1.807) is 0 Å². The third-order valence-corrected chi connectivity index (χ3v) is 7.86. The van der Waals surface area contributed by atoms with Crippen molar-refractivity contribution >= 4 is 15.8 Å². The molecule has 180 valence electrons. The molecule has 33 heavy (non-hydrogen) atoms. The molecule has 1 aliphatic carbocycles. The van der Waals surface area contributed by atoms with E-state index in [2.05, 4.69) is 57.9 Å². The Morgan fingerprint density at radius 3 is 2.55 bits per heavy atom. The summed E-state index contributed by atoms with van der Waals surface area (Å²) in [6, 6.07) is 14.9. The normalized spacial score (nSPS) is 26.3. The van der Waals surface area contributed by atoms with Crippen LogP contribution in [0.15, 0.2) is 48.7 Å². The molecule has 0 amide bonds. The van der Waals surface area contributed by atoms with E-state index < -0.39 is 10.0 Å². The largest absolute Gasteiger partial charge is 0.378 e. The molecule has 7 heteroatoms. The number of benzene rings is 1. The molecule has 1 N–H and O–H groups in total. The minimum atomic E-state index is -3.27. The maximum atomic E-state index is 12.0. The fourth-order valence-electron chi connectivity index (χ4n) is 5.24. The van der Waals surface area contributed by atoms with Crippen molar-refractivity contribution in [2.75, 3.05) is 30.9 Å². The molecular weight excluding hydrogens is 434 g/mol.